The molecule has 0 N–H and O–H groups in total. The van der Waals surface area contributed by atoms with Crippen LogP contribution in [0.1, 0.15) is 23.7 Å². The molecule has 5 heteroatoms. The number of hydrogen-bond acceptors (Lipinski definition) is 3. The number of halogens is 1. The van der Waals surface area contributed by atoms with Crippen molar-refractivity contribution < 1.29 is 14.3 Å². The van der Waals surface area contributed by atoms with Crippen molar-refractivity contribution in [2.24, 2.45) is 0 Å². The van der Waals surface area contributed by atoms with Crippen molar-refractivity contribution in [1.82, 2.24) is 4.90 Å². The van der Waals surface area contributed by atoms with Crippen LogP contribution in [-0.2, 0) is 0 Å². The molecule has 1 amide bonds. The fourth-order valence-corrected chi connectivity index (χ4v) is 2.12. The molecule has 1 aromatic rings. The number of alkyl halides is 1. The van der Waals surface area contributed by atoms with Crippen LogP contribution >= 0.6 is 15.9 Å². The molecule has 0 spiro atoms. The van der Waals surface area contributed by atoms with E-state index in [2.05, 4.69) is 15.9 Å². The highest BCUT2D eigenvalue weighted by molar-refractivity contribution is 9.09. The summed E-state index contributed by atoms with van der Waals surface area (Å²) in [7, 11) is 3.11. The van der Waals surface area contributed by atoms with E-state index >= 15 is 0 Å². The molecule has 0 aliphatic rings. The molecule has 0 saturated heterocycles. The Morgan fingerprint density at radius 1 is 1.26 bits per heavy atom. The van der Waals surface area contributed by atoms with E-state index in [1.54, 1.807) is 31.3 Å². The molecule has 0 fully saturated rings. The monoisotopic (exact) mass is 329 g/mol. The van der Waals surface area contributed by atoms with Crippen LogP contribution in [-0.4, -0.2) is 43.4 Å². The van der Waals surface area contributed by atoms with E-state index < -0.39 is 0 Å². The van der Waals surface area contributed by atoms with Crippen molar-refractivity contribution in [3.63, 3.8) is 0 Å². The summed E-state index contributed by atoms with van der Waals surface area (Å²) in [6.45, 7) is 3.34. The zero-order valence-electron chi connectivity index (χ0n) is 11.6. The Labute approximate surface area is 122 Å². The van der Waals surface area contributed by atoms with Gasteiger partial charge in [-0.1, -0.05) is 22.0 Å². The molecule has 106 valence electrons. The number of carbonyl (C=O) groups excluding carboxylic acids is 1. The van der Waals surface area contributed by atoms with Crippen LogP contribution in [0.4, 0.5) is 0 Å². The fraction of sp³-hybridized carbons (Fsp3) is 0.500. The van der Waals surface area contributed by atoms with Crippen LogP contribution in [0.15, 0.2) is 18.2 Å². The summed E-state index contributed by atoms with van der Waals surface area (Å²) in [6.07, 6.45) is 0.914. The van der Waals surface area contributed by atoms with Gasteiger partial charge in [-0.2, -0.15) is 0 Å². The van der Waals surface area contributed by atoms with Crippen LogP contribution < -0.4 is 9.47 Å². The molecule has 0 aliphatic heterocycles. The third-order valence-electron chi connectivity index (χ3n) is 2.87. The van der Waals surface area contributed by atoms with Gasteiger partial charge in [-0.3, -0.25) is 4.79 Å². The SMILES string of the molecule is CCN(CCCBr)C(=O)c1c(OC)cccc1OC. The summed E-state index contributed by atoms with van der Waals surface area (Å²) in [6, 6.07) is 5.35. The van der Waals surface area contributed by atoms with Crippen LogP contribution in [0, 0.1) is 0 Å². The molecule has 0 unspecified atom stereocenters. The van der Waals surface area contributed by atoms with Crippen LogP contribution in [0.25, 0.3) is 0 Å². The molecule has 1 aromatic carbocycles. The third-order valence-corrected chi connectivity index (χ3v) is 3.43. The minimum atomic E-state index is -0.0576. The van der Waals surface area contributed by atoms with Crippen LogP contribution in [0.3, 0.4) is 0 Å². The quantitative estimate of drug-likeness (QED) is 0.722. The van der Waals surface area contributed by atoms with Gasteiger partial charge in [0.05, 0.1) is 14.2 Å². The molecule has 4 nitrogen and oxygen atoms in total. The molecule has 1 rings (SSSR count). The van der Waals surface area contributed by atoms with E-state index in [0.717, 1.165) is 11.8 Å². The van der Waals surface area contributed by atoms with E-state index in [-0.39, 0.29) is 5.91 Å². The van der Waals surface area contributed by atoms with Crippen molar-refractivity contribution in [2.75, 3.05) is 32.6 Å². The smallest absolute Gasteiger partial charge is 0.261 e. The van der Waals surface area contributed by atoms with Gasteiger partial charge in [0.2, 0.25) is 0 Å². The molecule has 19 heavy (non-hydrogen) atoms. The zero-order valence-corrected chi connectivity index (χ0v) is 13.2. The minimum absolute atomic E-state index is 0.0576. The predicted molar refractivity (Wildman–Crippen MR) is 79.5 cm³/mol. The first kappa shape index (κ1) is 15.8. The molecular weight excluding hydrogens is 310 g/mol. The summed E-state index contributed by atoms with van der Waals surface area (Å²) in [5, 5.41) is 0.875. The van der Waals surface area contributed by atoms with Gasteiger partial charge >= 0.3 is 0 Å². The maximum absolute atomic E-state index is 12.6. The van der Waals surface area contributed by atoms with E-state index in [1.165, 1.54) is 0 Å². The maximum atomic E-state index is 12.6. The molecule has 0 heterocycles. The highest BCUT2D eigenvalue weighted by Crippen LogP contribution is 2.29. The fourth-order valence-electron chi connectivity index (χ4n) is 1.87. The third kappa shape index (κ3) is 3.86. The molecular formula is C14H20BrNO3. The second kappa shape index (κ2) is 8.04. The normalized spacial score (nSPS) is 10.1. The Hall–Kier alpha value is -1.23. The second-order valence-electron chi connectivity index (χ2n) is 3.96. The van der Waals surface area contributed by atoms with Crippen molar-refractivity contribution >= 4 is 21.8 Å². The average Bonchev–Trinajstić information content (AvgIpc) is 2.46. The van der Waals surface area contributed by atoms with Crippen LogP contribution in [0.2, 0.25) is 0 Å². The average molecular weight is 330 g/mol. The number of benzene rings is 1. The molecule has 0 aromatic heterocycles. The van der Waals surface area contributed by atoms with Crippen molar-refractivity contribution in [3.05, 3.63) is 23.8 Å². The number of methoxy groups -OCH3 is 2. The Kier molecular flexibility index (Phi) is 6.70. The molecule has 0 atom stereocenters. The van der Waals surface area contributed by atoms with Gasteiger partial charge in [-0.05, 0) is 25.5 Å². The number of ether oxygens (including phenoxy) is 2. The first-order valence-corrected chi connectivity index (χ1v) is 7.37. The predicted octanol–water partition coefficient (Wildman–Crippen LogP) is 2.95. The van der Waals surface area contributed by atoms with Crippen LogP contribution in [0.5, 0.6) is 11.5 Å². The highest BCUT2D eigenvalue weighted by atomic mass is 79.9. The van der Waals surface area contributed by atoms with E-state index in [9.17, 15) is 4.79 Å². The van der Waals surface area contributed by atoms with Gasteiger partial charge in [-0.15, -0.1) is 0 Å². The first-order valence-electron chi connectivity index (χ1n) is 6.25. The maximum Gasteiger partial charge on any atom is 0.261 e. The van der Waals surface area contributed by atoms with Crippen molar-refractivity contribution in [1.29, 1.82) is 0 Å². The summed E-state index contributed by atoms with van der Waals surface area (Å²) in [4.78, 5) is 14.4. The number of nitrogens with zero attached hydrogens (tertiary/aromatic N) is 1. The standard InChI is InChI=1S/C14H20BrNO3/c1-4-16(10-6-9-15)14(17)13-11(18-2)7-5-8-12(13)19-3/h5,7-8H,4,6,9-10H2,1-3H3. The van der Waals surface area contributed by atoms with E-state index in [1.807, 2.05) is 13.0 Å². The molecule has 0 aliphatic carbocycles. The first-order chi connectivity index (χ1) is 9.19. The summed E-state index contributed by atoms with van der Waals surface area (Å²) in [5.74, 6) is 1.03. The Morgan fingerprint density at radius 3 is 2.26 bits per heavy atom. The van der Waals surface area contributed by atoms with E-state index in [0.29, 0.717) is 30.2 Å². The van der Waals surface area contributed by atoms with Crippen molar-refractivity contribution in [3.8, 4) is 11.5 Å². The van der Waals surface area contributed by atoms with Gasteiger partial charge in [-0.25, -0.2) is 0 Å². The Balaban J connectivity index is 3.08. The number of hydrogen-bond donors (Lipinski definition) is 0. The number of carbonyl (C=O) groups is 1. The second-order valence-corrected chi connectivity index (χ2v) is 4.76. The lowest BCUT2D eigenvalue weighted by Crippen LogP contribution is -2.32. The number of amides is 1. The largest absolute Gasteiger partial charge is 0.496 e. The zero-order chi connectivity index (χ0) is 14.3. The van der Waals surface area contributed by atoms with Gasteiger partial charge in [0.1, 0.15) is 17.1 Å². The topological polar surface area (TPSA) is 38.8 Å². The van der Waals surface area contributed by atoms with Crippen molar-refractivity contribution in [2.45, 2.75) is 13.3 Å². The van der Waals surface area contributed by atoms with Gasteiger partial charge in [0, 0.05) is 18.4 Å². The highest BCUT2D eigenvalue weighted by Gasteiger charge is 2.22. The Bertz CT molecular complexity index is 401. The summed E-state index contributed by atoms with van der Waals surface area (Å²) < 4.78 is 10.5. The van der Waals surface area contributed by atoms with Gasteiger partial charge in [0.25, 0.3) is 5.91 Å². The lowest BCUT2D eigenvalue weighted by Gasteiger charge is -2.22. The van der Waals surface area contributed by atoms with Gasteiger partial charge < -0.3 is 14.4 Å². The lowest BCUT2D eigenvalue weighted by molar-refractivity contribution is 0.0758. The summed E-state index contributed by atoms with van der Waals surface area (Å²) in [5.41, 5.74) is 0.490. The van der Waals surface area contributed by atoms with Gasteiger partial charge in [0.15, 0.2) is 0 Å². The minimum Gasteiger partial charge on any atom is -0.496 e. The van der Waals surface area contributed by atoms with E-state index in [4.69, 9.17) is 9.47 Å². The molecule has 0 saturated carbocycles. The Morgan fingerprint density at radius 2 is 1.84 bits per heavy atom. The molecule has 0 bridgehead atoms. The lowest BCUT2D eigenvalue weighted by atomic mass is 10.1. The number of rotatable bonds is 7. The summed E-state index contributed by atoms with van der Waals surface area (Å²) >= 11 is 3.38. The molecule has 0 radical (unpaired) electrons.